The van der Waals surface area contributed by atoms with Gasteiger partial charge in [-0.25, -0.2) is 0 Å². The standard InChI is InChI=1S/C10H20O/c1-4-7-8-9-10(5-2,6-3)11-9/h9H,4-8H2,1-3H3. The Morgan fingerprint density at radius 3 is 2.18 bits per heavy atom. The van der Waals surface area contributed by atoms with Crippen molar-refractivity contribution in [2.75, 3.05) is 0 Å². The molecule has 1 nitrogen and oxygen atoms in total. The monoisotopic (exact) mass is 156 g/mol. The summed E-state index contributed by atoms with van der Waals surface area (Å²) >= 11 is 0. The van der Waals surface area contributed by atoms with Crippen molar-refractivity contribution in [1.29, 1.82) is 0 Å². The van der Waals surface area contributed by atoms with E-state index in [1.807, 2.05) is 0 Å². The van der Waals surface area contributed by atoms with Gasteiger partial charge in [0.25, 0.3) is 0 Å². The summed E-state index contributed by atoms with van der Waals surface area (Å²) in [5, 5.41) is 0. The summed E-state index contributed by atoms with van der Waals surface area (Å²) in [7, 11) is 0. The van der Waals surface area contributed by atoms with Gasteiger partial charge in [-0.1, -0.05) is 33.6 Å². The molecule has 1 rings (SSSR count). The molecule has 1 atom stereocenters. The lowest BCUT2D eigenvalue weighted by Gasteiger charge is -2.04. The van der Waals surface area contributed by atoms with Crippen molar-refractivity contribution < 1.29 is 4.74 Å². The van der Waals surface area contributed by atoms with E-state index in [2.05, 4.69) is 20.8 Å². The summed E-state index contributed by atoms with van der Waals surface area (Å²) in [4.78, 5) is 0. The summed E-state index contributed by atoms with van der Waals surface area (Å²) in [6.45, 7) is 6.70. The lowest BCUT2D eigenvalue weighted by atomic mass is 9.96. The van der Waals surface area contributed by atoms with Gasteiger partial charge in [-0.3, -0.25) is 0 Å². The van der Waals surface area contributed by atoms with Crippen molar-refractivity contribution in [2.45, 2.75) is 64.6 Å². The van der Waals surface area contributed by atoms with Gasteiger partial charge in [-0.05, 0) is 19.3 Å². The highest BCUT2D eigenvalue weighted by atomic mass is 16.6. The zero-order chi connectivity index (χ0) is 8.32. The molecule has 0 N–H and O–H groups in total. The van der Waals surface area contributed by atoms with Crippen LogP contribution in [0.4, 0.5) is 0 Å². The average Bonchev–Trinajstić information content (AvgIpc) is 2.76. The molecule has 0 spiro atoms. The molecule has 0 aromatic carbocycles. The van der Waals surface area contributed by atoms with Gasteiger partial charge in [0.1, 0.15) is 0 Å². The fourth-order valence-electron chi connectivity index (χ4n) is 1.83. The molecule has 66 valence electrons. The molecule has 0 aliphatic carbocycles. The summed E-state index contributed by atoms with van der Waals surface area (Å²) in [5.74, 6) is 0. The third-order valence-electron chi connectivity index (χ3n) is 2.92. The van der Waals surface area contributed by atoms with Crippen LogP contribution in [-0.2, 0) is 4.74 Å². The summed E-state index contributed by atoms with van der Waals surface area (Å²) in [6, 6.07) is 0. The Labute approximate surface area is 70.1 Å². The highest BCUT2D eigenvalue weighted by molar-refractivity contribution is 5.00. The normalized spacial score (nSPS) is 27.0. The van der Waals surface area contributed by atoms with Crippen LogP contribution in [-0.4, -0.2) is 11.7 Å². The van der Waals surface area contributed by atoms with E-state index in [1.54, 1.807) is 0 Å². The van der Waals surface area contributed by atoms with E-state index in [9.17, 15) is 0 Å². The number of unbranched alkanes of at least 4 members (excludes halogenated alkanes) is 1. The van der Waals surface area contributed by atoms with Gasteiger partial charge >= 0.3 is 0 Å². The number of hydrogen-bond acceptors (Lipinski definition) is 1. The maximum absolute atomic E-state index is 5.70. The van der Waals surface area contributed by atoms with E-state index >= 15 is 0 Å². The minimum absolute atomic E-state index is 0.301. The van der Waals surface area contributed by atoms with Crippen LogP contribution in [0.2, 0.25) is 0 Å². The molecule has 0 bridgehead atoms. The minimum Gasteiger partial charge on any atom is -0.366 e. The maximum atomic E-state index is 5.70. The van der Waals surface area contributed by atoms with Crippen molar-refractivity contribution in [1.82, 2.24) is 0 Å². The predicted molar refractivity (Wildman–Crippen MR) is 47.7 cm³/mol. The zero-order valence-electron chi connectivity index (χ0n) is 8.02. The van der Waals surface area contributed by atoms with Crippen LogP contribution in [0.1, 0.15) is 52.9 Å². The zero-order valence-corrected chi connectivity index (χ0v) is 8.02. The molecule has 1 unspecified atom stereocenters. The second-order valence-electron chi connectivity index (χ2n) is 3.52. The average molecular weight is 156 g/mol. The molecule has 0 amide bonds. The Balaban J connectivity index is 2.21. The van der Waals surface area contributed by atoms with Crippen molar-refractivity contribution in [3.8, 4) is 0 Å². The molecule has 1 saturated heterocycles. The maximum Gasteiger partial charge on any atom is 0.0943 e. The van der Waals surface area contributed by atoms with Crippen LogP contribution in [0, 0.1) is 0 Å². The molecule has 1 aliphatic rings. The summed E-state index contributed by atoms with van der Waals surface area (Å²) in [5.41, 5.74) is 0.301. The first-order valence-corrected chi connectivity index (χ1v) is 4.97. The Morgan fingerprint density at radius 2 is 1.82 bits per heavy atom. The van der Waals surface area contributed by atoms with Gasteiger partial charge in [0.15, 0.2) is 0 Å². The van der Waals surface area contributed by atoms with Crippen LogP contribution in [0.3, 0.4) is 0 Å². The molecule has 1 fully saturated rings. The van der Waals surface area contributed by atoms with E-state index < -0.39 is 0 Å². The Morgan fingerprint density at radius 1 is 1.18 bits per heavy atom. The first kappa shape index (κ1) is 9.05. The largest absolute Gasteiger partial charge is 0.366 e. The molecular formula is C10H20O. The molecule has 0 aromatic heterocycles. The highest BCUT2D eigenvalue weighted by Gasteiger charge is 2.52. The van der Waals surface area contributed by atoms with E-state index in [0.717, 1.165) is 0 Å². The van der Waals surface area contributed by atoms with Gasteiger partial charge < -0.3 is 4.74 Å². The van der Waals surface area contributed by atoms with Gasteiger partial charge in [-0.15, -0.1) is 0 Å². The molecule has 1 heterocycles. The van der Waals surface area contributed by atoms with E-state index in [4.69, 9.17) is 4.74 Å². The summed E-state index contributed by atoms with van der Waals surface area (Å²) in [6.07, 6.45) is 6.88. The molecular weight excluding hydrogens is 136 g/mol. The fourth-order valence-corrected chi connectivity index (χ4v) is 1.83. The lowest BCUT2D eigenvalue weighted by Crippen LogP contribution is -2.11. The third kappa shape index (κ3) is 1.76. The molecule has 11 heavy (non-hydrogen) atoms. The number of rotatable bonds is 5. The Kier molecular flexibility index (Phi) is 2.94. The quantitative estimate of drug-likeness (QED) is 0.557. The second kappa shape index (κ2) is 3.57. The first-order valence-electron chi connectivity index (χ1n) is 4.97. The van der Waals surface area contributed by atoms with Gasteiger partial charge in [-0.2, -0.15) is 0 Å². The van der Waals surface area contributed by atoms with Gasteiger partial charge in [0.2, 0.25) is 0 Å². The Bertz CT molecular complexity index is 116. The SMILES string of the molecule is CCCCC1OC1(CC)CC. The lowest BCUT2D eigenvalue weighted by molar-refractivity contribution is 0.277. The van der Waals surface area contributed by atoms with Gasteiger partial charge in [0, 0.05) is 0 Å². The first-order chi connectivity index (χ1) is 5.29. The van der Waals surface area contributed by atoms with Crippen LogP contribution >= 0.6 is 0 Å². The Hall–Kier alpha value is -0.0400. The predicted octanol–water partition coefficient (Wildman–Crippen LogP) is 3.13. The highest BCUT2D eigenvalue weighted by Crippen LogP contribution is 2.44. The molecule has 0 radical (unpaired) electrons. The topological polar surface area (TPSA) is 12.5 Å². The number of hydrogen-bond donors (Lipinski definition) is 0. The fraction of sp³-hybridized carbons (Fsp3) is 1.00. The number of epoxide rings is 1. The molecule has 0 saturated carbocycles. The van der Waals surface area contributed by atoms with Crippen molar-refractivity contribution in [3.05, 3.63) is 0 Å². The van der Waals surface area contributed by atoms with Crippen LogP contribution < -0.4 is 0 Å². The van der Waals surface area contributed by atoms with Gasteiger partial charge in [0.05, 0.1) is 11.7 Å². The smallest absolute Gasteiger partial charge is 0.0943 e. The van der Waals surface area contributed by atoms with Crippen molar-refractivity contribution in [3.63, 3.8) is 0 Å². The molecule has 0 aromatic rings. The van der Waals surface area contributed by atoms with Crippen molar-refractivity contribution in [2.24, 2.45) is 0 Å². The van der Waals surface area contributed by atoms with Crippen LogP contribution in [0.25, 0.3) is 0 Å². The molecule has 1 aliphatic heterocycles. The van der Waals surface area contributed by atoms with E-state index in [0.29, 0.717) is 11.7 Å². The van der Waals surface area contributed by atoms with Crippen LogP contribution in [0.5, 0.6) is 0 Å². The molecule has 1 heteroatoms. The van der Waals surface area contributed by atoms with E-state index in [1.165, 1.54) is 32.1 Å². The van der Waals surface area contributed by atoms with E-state index in [-0.39, 0.29) is 0 Å². The second-order valence-corrected chi connectivity index (χ2v) is 3.52. The van der Waals surface area contributed by atoms with Crippen molar-refractivity contribution >= 4 is 0 Å². The number of ether oxygens (including phenoxy) is 1. The third-order valence-corrected chi connectivity index (χ3v) is 2.92. The summed E-state index contributed by atoms with van der Waals surface area (Å²) < 4.78 is 5.70. The minimum atomic E-state index is 0.301. The van der Waals surface area contributed by atoms with Crippen LogP contribution in [0.15, 0.2) is 0 Å².